The monoisotopic (exact) mass is 328 g/mol. The van der Waals surface area contributed by atoms with Crippen molar-refractivity contribution in [1.29, 1.82) is 0 Å². The summed E-state index contributed by atoms with van der Waals surface area (Å²) in [4.78, 5) is 0. The Labute approximate surface area is 123 Å². The Morgan fingerprint density at radius 3 is 2.79 bits per heavy atom. The van der Waals surface area contributed by atoms with Crippen molar-refractivity contribution in [1.82, 2.24) is 0 Å². The summed E-state index contributed by atoms with van der Waals surface area (Å²) in [7, 11) is 0. The van der Waals surface area contributed by atoms with Gasteiger partial charge in [-0.05, 0) is 54.9 Å². The van der Waals surface area contributed by atoms with Gasteiger partial charge in [0, 0.05) is 10.9 Å². The van der Waals surface area contributed by atoms with Crippen molar-refractivity contribution in [2.45, 2.75) is 51.6 Å². The van der Waals surface area contributed by atoms with Crippen LogP contribution < -0.4 is 0 Å². The van der Waals surface area contributed by atoms with E-state index in [2.05, 4.69) is 29.8 Å². The molecule has 0 bridgehead atoms. The molecule has 1 aromatic carbocycles. The highest BCUT2D eigenvalue weighted by Gasteiger charge is 2.35. The van der Waals surface area contributed by atoms with Crippen LogP contribution in [0.1, 0.15) is 45.1 Å². The molecule has 0 heterocycles. The Bertz CT molecular complexity index is 426. The number of hydrogen-bond acceptors (Lipinski definition) is 1. The van der Waals surface area contributed by atoms with Crippen molar-refractivity contribution >= 4 is 15.9 Å². The van der Waals surface area contributed by atoms with Crippen LogP contribution in [-0.4, -0.2) is 10.7 Å². The molecule has 1 aliphatic rings. The van der Waals surface area contributed by atoms with Gasteiger partial charge in [-0.25, -0.2) is 4.39 Å². The minimum Gasteiger partial charge on any atom is -0.390 e. The summed E-state index contributed by atoms with van der Waals surface area (Å²) in [6, 6.07) is 4.88. The summed E-state index contributed by atoms with van der Waals surface area (Å²) in [5.41, 5.74) is 0.208. The maximum Gasteiger partial charge on any atom is 0.124 e. The van der Waals surface area contributed by atoms with E-state index in [-0.39, 0.29) is 5.82 Å². The van der Waals surface area contributed by atoms with Crippen LogP contribution >= 0.6 is 15.9 Å². The molecule has 1 saturated carbocycles. The van der Waals surface area contributed by atoms with Crippen LogP contribution in [0.5, 0.6) is 0 Å². The van der Waals surface area contributed by atoms with Crippen LogP contribution in [0.25, 0.3) is 0 Å². The molecule has 2 atom stereocenters. The Balaban J connectivity index is 2.12. The van der Waals surface area contributed by atoms with Crippen molar-refractivity contribution in [3.8, 4) is 0 Å². The average Bonchev–Trinajstić information content (AvgIpc) is 2.26. The second-order valence-electron chi connectivity index (χ2n) is 6.28. The summed E-state index contributed by atoms with van der Waals surface area (Å²) >= 11 is 3.31. The highest BCUT2D eigenvalue weighted by atomic mass is 79.9. The van der Waals surface area contributed by atoms with Gasteiger partial charge in [0.25, 0.3) is 0 Å². The Kier molecular flexibility index (Phi) is 4.67. The quantitative estimate of drug-likeness (QED) is 0.852. The fraction of sp³-hybridized carbons (Fsp3) is 0.625. The first-order chi connectivity index (χ1) is 8.88. The summed E-state index contributed by atoms with van der Waals surface area (Å²) in [5.74, 6) is 0.936. The van der Waals surface area contributed by atoms with Gasteiger partial charge in [0.2, 0.25) is 0 Å². The summed E-state index contributed by atoms with van der Waals surface area (Å²) in [6.07, 6.45) is 4.47. The number of rotatable bonds is 3. The molecule has 0 aromatic heterocycles. The minimum absolute atomic E-state index is 0.246. The van der Waals surface area contributed by atoms with E-state index in [4.69, 9.17) is 0 Å². The smallest absolute Gasteiger partial charge is 0.124 e. The van der Waals surface area contributed by atoms with Gasteiger partial charge >= 0.3 is 0 Å². The summed E-state index contributed by atoms with van der Waals surface area (Å²) in [5, 5.41) is 10.8. The van der Waals surface area contributed by atoms with Crippen LogP contribution in [0, 0.1) is 17.7 Å². The van der Waals surface area contributed by atoms with E-state index in [0.717, 1.165) is 29.3 Å². The van der Waals surface area contributed by atoms with Crippen molar-refractivity contribution in [3.63, 3.8) is 0 Å². The molecular formula is C16H22BrFO. The first-order valence-corrected chi connectivity index (χ1v) is 7.85. The third kappa shape index (κ3) is 4.03. The van der Waals surface area contributed by atoms with E-state index in [1.807, 2.05) is 6.07 Å². The molecule has 2 unspecified atom stereocenters. The predicted octanol–water partition coefficient (Wildman–Crippen LogP) is 4.71. The molecule has 1 aliphatic carbocycles. The Hall–Kier alpha value is -0.410. The van der Waals surface area contributed by atoms with E-state index < -0.39 is 5.60 Å². The van der Waals surface area contributed by atoms with E-state index >= 15 is 0 Å². The molecule has 2 rings (SSSR count). The molecule has 3 heteroatoms. The van der Waals surface area contributed by atoms with Crippen LogP contribution in [0.3, 0.4) is 0 Å². The zero-order valence-corrected chi connectivity index (χ0v) is 13.2. The van der Waals surface area contributed by atoms with Gasteiger partial charge in [-0.3, -0.25) is 0 Å². The van der Waals surface area contributed by atoms with E-state index in [1.54, 1.807) is 0 Å². The standard InChI is InChI=1S/C16H22BrFO/c1-11(2)13-4-3-5-16(19,10-13)9-12-6-14(17)8-15(18)7-12/h6-8,11,13,19H,3-5,9-10H2,1-2H3. The molecule has 0 aliphatic heterocycles. The van der Waals surface area contributed by atoms with Gasteiger partial charge in [0.1, 0.15) is 5.82 Å². The van der Waals surface area contributed by atoms with Gasteiger partial charge in [-0.1, -0.05) is 36.2 Å². The molecule has 0 saturated heterocycles. The molecular weight excluding hydrogens is 307 g/mol. The Morgan fingerprint density at radius 1 is 1.42 bits per heavy atom. The number of hydrogen-bond donors (Lipinski definition) is 1. The Morgan fingerprint density at radius 2 is 2.16 bits per heavy atom. The van der Waals surface area contributed by atoms with Crippen molar-refractivity contribution < 1.29 is 9.50 Å². The summed E-state index contributed by atoms with van der Waals surface area (Å²) in [6.45, 7) is 4.43. The van der Waals surface area contributed by atoms with Gasteiger partial charge in [0.05, 0.1) is 5.60 Å². The lowest BCUT2D eigenvalue weighted by atomic mass is 9.71. The molecule has 0 spiro atoms. The second-order valence-corrected chi connectivity index (χ2v) is 7.19. The minimum atomic E-state index is -0.666. The lowest BCUT2D eigenvalue weighted by Gasteiger charge is -2.38. The van der Waals surface area contributed by atoms with Crippen LogP contribution in [0.2, 0.25) is 0 Å². The van der Waals surface area contributed by atoms with Crippen LogP contribution in [0.4, 0.5) is 4.39 Å². The first-order valence-electron chi connectivity index (χ1n) is 7.05. The van der Waals surface area contributed by atoms with Crippen LogP contribution in [0.15, 0.2) is 22.7 Å². The third-order valence-electron chi connectivity index (χ3n) is 4.26. The largest absolute Gasteiger partial charge is 0.390 e. The zero-order valence-electron chi connectivity index (χ0n) is 11.6. The van der Waals surface area contributed by atoms with E-state index in [1.165, 1.54) is 18.6 Å². The van der Waals surface area contributed by atoms with E-state index in [0.29, 0.717) is 18.3 Å². The van der Waals surface area contributed by atoms with Gasteiger partial charge in [-0.15, -0.1) is 0 Å². The van der Waals surface area contributed by atoms with Gasteiger partial charge < -0.3 is 5.11 Å². The normalized spacial score (nSPS) is 27.8. The second kappa shape index (κ2) is 5.92. The molecule has 1 nitrogen and oxygen atoms in total. The molecule has 1 aromatic rings. The van der Waals surface area contributed by atoms with Crippen molar-refractivity contribution in [3.05, 3.63) is 34.1 Å². The lowest BCUT2D eigenvalue weighted by Crippen LogP contribution is -2.38. The maximum absolute atomic E-state index is 13.4. The molecule has 19 heavy (non-hydrogen) atoms. The zero-order chi connectivity index (χ0) is 14.0. The highest BCUT2D eigenvalue weighted by Crippen LogP contribution is 2.38. The fourth-order valence-corrected chi connectivity index (χ4v) is 3.72. The lowest BCUT2D eigenvalue weighted by molar-refractivity contribution is -0.0240. The molecule has 1 fully saturated rings. The molecule has 106 valence electrons. The third-order valence-corrected chi connectivity index (χ3v) is 4.72. The molecule has 0 radical (unpaired) electrons. The number of benzene rings is 1. The average molecular weight is 329 g/mol. The van der Waals surface area contributed by atoms with Crippen LogP contribution in [-0.2, 0) is 6.42 Å². The molecule has 0 amide bonds. The topological polar surface area (TPSA) is 20.2 Å². The number of halogens is 2. The fourth-order valence-electron chi connectivity index (χ4n) is 3.21. The highest BCUT2D eigenvalue weighted by molar-refractivity contribution is 9.10. The maximum atomic E-state index is 13.4. The SMILES string of the molecule is CC(C)C1CCCC(O)(Cc2cc(F)cc(Br)c2)C1. The van der Waals surface area contributed by atoms with E-state index in [9.17, 15) is 9.50 Å². The first kappa shape index (κ1) is 15.0. The number of aliphatic hydroxyl groups is 1. The summed E-state index contributed by atoms with van der Waals surface area (Å²) < 4.78 is 14.1. The van der Waals surface area contributed by atoms with Crippen molar-refractivity contribution in [2.75, 3.05) is 0 Å². The predicted molar refractivity (Wildman–Crippen MR) is 79.5 cm³/mol. The van der Waals surface area contributed by atoms with Gasteiger partial charge in [-0.2, -0.15) is 0 Å². The van der Waals surface area contributed by atoms with Gasteiger partial charge in [0.15, 0.2) is 0 Å². The van der Waals surface area contributed by atoms with Crippen molar-refractivity contribution in [2.24, 2.45) is 11.8 Å². The molecule has 1 N–H and O–H groups in total.